The molecule has 0 aliphatic heterocycles. The Morgan fingerprint density at radius 3 is 2.67 bits per heavy atom. The standard InChI is InChI=1S/C30H22FN7O/c31-25-12-26-24(11-23(25)21-10-19(15-33-16-21)14-32-13-18-4-2-1-3-5-18)28(38-37-26)30-35-27-22(20-7-9-39-17-20)6-8-34-29(27)36-30/h1-12,15-17,32H,13-14H2,(H,37,38)(H,34,35,36). The Hall–Kier alpha value is -5.15. The van der Waals surface area contributed by atoms with Crippen LogP contribution in [0.4, 0.5) is 4.39 Å². The van der Waals surface area contributed by atoms with Gasteiger partial charge in [-0.1, -0.05) is 30.3 Å². The molecule has 0 fully saturated rings. The number of furan rings is 1. The van der Waals surface area contributed by atoms with Crippen molar-refractivity contribution >= 4 is 22.1 Å². The molecule has 2 aromatic carbocycles. The van der Waals surface area contributed by atoms with Crippen LogP contribution >= 0.6 is 0 Å². The molecule has 0 atom stereocenters. The van der Waals surface area contributed by atoms with Gasteiger partial charge in [0.05, 0.1) is 23.6 Å². The maximum absolute atomic E-state index is 15.3. The predicted octanol–water partition coefficient (Wildman–Crippen LogP) is 6.25. The minimum Gasteiger partial charge on any atom is -0.472 e. The molecule has 8 nitrogen and oxygen atoms in total. The molecule has 9 heteroatoms. The number of rotatable bonds is 7. The summed E-state index contributed by atoms with van der Waals surface area (Å²) < 4.78 is 20.5. The first kappa shape index (κ1) is 23.0. The van der Waals surface area contributed by atoms with E-state index in [-0.39, 0.29) is 5.82 Å². The number of halogens is 1. The summed E-state index contributed by atoms with van der Waals surface area (Å²) in [4.78, 5) is 16.8. The van der Waals surface area contributed by atoms with E-state index in [1.54, 1.807) is 37.2 Å². The fourth-order valence-corrected chi connectivity index (χ4v) is 4.80. The van der Waals surface area contributed by atoms with Crippen molar-refractivity contribution in [3.8, 4) is 33.8 Å². The average Bonchev–Trinajstić information content (AvgIpc) is 3.73. The molecule has 0 unspecified atom stereocenters. The van der Waals surface area contributed by atoms with Crippen LogP contribution in [0.15, 0.2) is 96.2 Å². The number of H-pyrrole nitrogens is 2. The largest absolute Gasteiger partial charge is 0.472 e. The zero-order valence-electron chi connectivity index (χ0n) is 20.6. The Labute approximate surface area is 222 Å². The Bertz CT molecular complexity index is 1910. The van der Waals surface area contributed by atoms with E-state index in [1.165, 1.54) is 11.6 Å². The fourth-order valence-electron chi connectivity index (χ4n) is 4.80. The third-order valence-electron chi connectivity index (χ3n) is 6.71. The first-order valence-electron chi connectivity index (χ1n) is 12.5. The van der Waals surface area contributed by atoms with Crippen LogP contribution < -0.4 is 5.32 Å². The van der Waals surface area contributed by atoms with Crippen LogP contribution in [0.25, 0.3) is 55.8 Å². The lowest BCUT2D eigenvalue weighted by Gasteiger charge is -2.08. The van der Waals surface area contributed by atoms with Gasteiger partial charge in [0.1, 0.15) is 11.5 Å². The molecule has 7 aromatic rings. The molecule has 5 aromatic heterocycles. The molecule has 0 aliphatic carbocycles. The summed E-state index contributed by atoms with van der Waals surface area (Å²) in [6, 6.07) is 19.2. The van der Waals surface area contributed by atoms with E-state index in [4.69, 9.17) is 4.42 Å². The van der Waals surface area contributed by atoms with Crippen molar-refractivity contribution < 1.29 is 8.81 Å². The van der Waals surface area contributed by atoms with Crippen LogP contribution in [0.2, 0.25) is 0 Å². The number of nitrogens with zero attached hydrogens (tertiary/aromatic N) is 4. The third-order valence-corrected chi connectivity index (χ3v) is 6.71. The lowest BCUT2D eigenvalue weighted by molar-refractivity contribution is 0.568. The minimum absolute atomic E-state index is 0.359. The van der Waals surface area contributed by atoms with Crippen LogP contribution in [0.5, 0.6) is 0 Å². The molecule has 3 N–H and O–H groups in total. The zero-order chi connectivity index (χ0) is 26.2. The van der Waals surface area contributed by atoms with Crippen LogP contribution in [0, 0.1) is 5.82 Å². The number of aromatic nitrogens is 6. The molecule has 0 spiro atoms. The summed E-state index contributed by atoms with van der Waals surface area (Å²) in [7, 11) is 0. The summed E-state index contributed by atoms with van der Waals surface area (Å²) in [5, 5.41) is 11.6. The molecular formula is C30H22FN7O. The summed E-state index contributed by atoms with van der Waals surface area (Å²) in [6.07, 6.45) is 8.47. The second-order valence-electron chi connectivity index (χ2n) is 9.28. The molecule has 0 bridgehead atoms. The van der Waals surface area contributed by atoms with Gasteiger partial charge in [-0.3, -0.25) is 10.1 Å². The number of imidazole rings is 1. The van der Waals surface area contributed by atoms with Crippen molar-refractivity contribution in [3.63, 3.8) is 0 Å². The normalized spacial score (nSPS) is 11.5. The topological polar surface area (TPSA) is 108 Å². The van der Waals surface area contributed by atoms with Gasteiger partial charge in [0.2, 0.25) is 0 Å². The van der Waals surface area contributed by atoms with Crippen LogP contribution in [0.3, 0.4) is 0 Å². The van der Waals surface area contributed by atoms with Crippen molar-refractivity contribution in [2.45, 2.75) is 13.1 Å². The zero-order valence-corrected chi connectivity index (χ0v) is 20.6. The van der Waals surface area contributed by atoms with Gasteiger partial charge in [-0.25, -0.2) is 14.4 Å². The lowest BCUT2D eigenvalue weighted by Crippen LogP contribution is -2.12. The maximum atomic E-state index is 15.3. The van der Waals surface area contributed by atoms with Crippen molar-refractivity contribution in [2.75, 3.05) is 0 Å². The van der Waals surface area contributed by atoms with Crippen LogP contribution in [0.1, 0.15) is 11.1 Å². The van der Waals surface area contributed by atoms with Crippen molar-refractivity contribution in [2.24, 2.45) is 0 Å². The highest BCUT2D eigenvalue weighted by Crippen LogP contribution is 2.34. The van der Waals surface area contributed by atoms with E-state index in [0.29, 0.717) is 40.4 Å². The molecule has 0 amide bonds. The highest BCUT2D eigenvalue weighted by Gasteiger charge is 2.18. The molecule has 190 valence electrons. The highest BCUT2D eigenvalue weighted by molar-refractivity contribution is 5.97. The quantitative estimate of drug-likeness (QED) is 0.232. The first-order valence-corrected chi connectivity index (χ1v) is 12.5. The van der Waals surface area contributed by atoms with Crippen molar-refractivity contribution in [3.05, 3.63) is 109 Å². The van der Waals surface area contributed by atoms with Gasteiger partial charge in [-0.15, -0.1) is 0 Å². The third kappa shape index (κ3) is 4.34. The Balaban J connectivity index is 1.23. The number of hydrogen-bond donors (Lipinski definition) is 3. The van der Waals surface area contributed by atoms with Crippen molar-refractivity contribution in [1.82, 2.24) is 35.5 Å². The summed E-state index contributed by atoms with van der Waals surface area (Å²) >= 11 is 0. The monoisotopic (exact) mass is 515 g/mol. The maximum Gasteiger partial charge on any atom is 0.178 e. The molecule has 0 saturated heterocycles. The van der Waals surface area contributed by atoms with Gasteiger partial charge in [-0.05, 0) is 35.4 Å². The molecule has 0 radical (unpaired) electrons. The van der Waals surface area contributed by atoms with Gasteiger partial charge < -0.3 is 14.7 Å². The van der Waals surface area contributed by atoms with Crippen molar-refractivity contribution in [1.29, 1.82) is 0 Å². The number of aromatic amines is 2. The van der Waals surface area contributed by atoms with Gasteiger partial charge >= 0.3 is 0 Å². The van der Waals surface area contributed by atoms with Crippen LogP contribution in [-0.2, 0) is 13.1 Å². The number of benzene rings is 2. The van der Waals surface area contributed by atoms with Gasteiger partial charge in [0.15, 0.2) is 11.5 Å². The van der Waals surface area contributed by atoms with E-state index in [0.717, 1.165) is 34.1 Å². The predicted molar refractivity (Wildman–Crippen MR) is 147 cm³/mol. The van der Waals surface area contributed by atoms with E-state index in [1.807, 2.05) is 36.4 Å². The van der Waals surface area contributed by atoms with Gasteiger partial charge in [0.25, 0.3) is 0 Å². The summed E-state index contributed by atoms with van der Waals surface area (Å²) in [5.41, 5.74) is 7.61. The molecular weight excluding hydrogens is 493 g/mol. The average molecular weight is 516 g/mol. The Kier molecular flexibility index (Phi) is 5.68. The highest BCUT2D eigenvalue weighted by atomic mass is 19.1. The number of hydrogen-bond acceptors (Lipinski definition) is 6. The minimum atomic E-state index is -0.359. The molecule has 7 rings (SSSR count). The molecule has 39 heavy (non-hydrogen) atoms. The molecule has 0 aliphatic rings. The van der Waals surface area contributed by atoms with E-state index in [9.17, 15) is 0 Å². The van der Waals surface area contributed by atoms with E-state index < -0.39 is 0 Å². The van der Waals surface area contributed by atoms with Gasteiger partial charge in [-0.2, -0.15) is 5.10 Å². The van der Waals surface area contributed by atoms with Gasteiger partial charge in [0, 0.05) is 65.4 Å². The lowest BCUT2D eigenvalue weighted by atomic mass is 10.0. The smallest absolute Gasteiger partial charge is 0.178 e. The summed E-state index contributed by atoms with van der Waals surface area (Å²) in [6.45, 7) is 1.35. The van der Waals surface area contributed by atoms with E-state index >= 15 is 4.39 Å². The SMILES string of the molecule is Fc1cc2[nH]nc(-c3nc4nccc(-c5ccoc5)c4[nH]3)c2cc1-c1cncc(CNCc2ccccc2)c1. The van der Waals surface area contributed by atoms with Crippen LogP contribution in [-0.4, -0.2) is 30.1 Å². The van der Waals surface area contributed by atoms with E-state index in [2.05, 4.69) is 47.6 Å². The fraction of sp³-hybridized carbons (Fsp3) is 0.0667. The Morgan fingerprint density at radius 2 is 1.79 bits per heavy atom. The number of fused-ring (bicyclic) bond motifs is 2. The number of nitrogens with one attached hydrogen (secondary N) is 3. The molecule has 5 heterocycles. The summed E-state index contributed by atoms with van der Waals surface area (Å²) in [5.74, 6) is 0.177. The molecule has 0 saturated carbocycles. The number of pyridine rings is 2. The second-order valence-corrected chi connectivity index (χ2v) is 9.28. The Morgan fingerprint density at radius 1 is 0.897 bits per heavy atom. The first-order chi connectivity index (χ1) is 19.2. The second kappa shape index (κ2) is 9.62.